The lowest BCUT2D eigenvalue weighted by molar-refractivity contribution is -0.122. The molecule has 2 atom stereocenters. The molecule has 0 aromatic rings. The van der Waals surface area contributed by atoms with Gasteiger partial charge >= 0.3 is 0 Å². The second-order valence-electron chi connectivity index (χ2n) is 3.77. The summed E-state index contributed by atoms with van der Waals surface area (Å²) >= 11 is 1.71. The molecule has 0 radical (unpaired) electrons. The predicted molar refractivity (Wildman–Crippen MR) is 63.0 cm³/mol. The van der Waals surface area contributed by atoms with Gasteiger partial charge in [0.05, 0.1) is 12.1 Å². The first-order chi connectivity index (χ1) is 7.24. The summed E-state index contributed by atoms with van der Waals surface area (Å²) in [5, 5.41) is 2.84. The molecular formula is C10H20N2O2S. The van der Waals surface area contributed by atoms with Crippen LogP contribution in [0.3, 0.4) is 0 Å². The Morgan fingerprint density at radius 2 is 2.53 bits per heavy atom. The van der Waals surface area contributed by atoms with Crippen LogP contribution in [0.15, 0.2) is 0 Å². The predicted octanol–water partition coefficient (Wildman–Crippen LogP) is 0.362. The third kappa shape index (κ3) is 4.86. The third-order valence-electron chi connectivity index (χ3n) is 2.50. The van der Waals surface area contributed by atoms with Gasteiger partial charge in [-0.15, -0.1) is 0 Å². The number of carbonyl (C=O) groups excluding carboxylic acids is 1. The summed E-state index contributed by atoms with van der Waals surface area (Å²) in [7, 11) is 0. The third-order valence-corrected chi connectivity index (χ3v) is 3.14. The highest BCUT2D eigenvalue weighted by Crippen LogP contribution is 2.10. The fraction of sp³-hybridized carbons (Fsp3) is 0.900. The van der Waals surface area contributed by atoms with Crippen LogP contribution in [0.25, 0.3) is 0 Å². The van der Waals surface area contributed by atoms with Gasteiger partial charge in [0.25, 0.3) is 0 Å². The molecule has 1 amide bonds. The van der Waals surface area contributed by atoms with Crippen LogP contribution in [-0.2, 0) is 9.53 Å². The first-order valence-corrected chi connectivity index (χ1v) is 6.77. The quantitative estimate of drug-likeness (QED) is 0.694. The van der Waals surface area contributed by atoms with Crippen molar-refractivity contribution in [2.24, 2.45) is 5.73 Å². The van der Waals surface area contributed by atoms with E-state index in [9.17, 15) is 4.79 Å². The van der Waals surface area contributed by atoms with Gasteiger partial charge in [-0.1, -0.05) is 0 Å². The molecule has 5 heteroatoms. The molecular weight excluding hydrogens is 212 g/mol. The van der Waals surface area contributed by atoms with E-state index >= 15 is 0 Å². The maximum atomic E-state index is 11.5. The average molecular weight is 232 g/mol. The molecule has 1 aliphatic heterocycles. The van der Waals surface area contributed by atoms with Crippen LogP contribution in [0.1, 0.15) is 19.3 Å². The molecule has 0 aromatic carbocycles. The van der Waals surface area contributed by atoms with E-state index in [0.717, 1.165) is 31.6 Å². The molecule has 15 heavy (non-hydrogen) atoms. The summed E-state index contributed by atoms with van der Waals surface area (Å²) in [5.41, 5.74) is 5.72. The van der Waals surface area contributed by atoms with Crippen molar-refractivity contribution in [2.75, 3.05) is 25.2 Å². The average Bonchev–Trinajstić information content (AvgIpc) is 2.75. The van der Waals surface area contributed by atoms with Crippen molar-refractivity contribution >= 4 is 17.7 Å². The largest absolute Gasteiger partial charge is 0.376 e. The molecule has 1 rings (SSSR count). The lowest BCUT2D eigenvalue weighted by Crippen LogP contribution is -2.43. The van der Waals surface area contributed by atoms with E-state index in [1.807, 2.05) is 6.26 Å². The number of rotatable bonds is 6. The molecule has 1 fully saturated rings. The summed E-state index contributed by atoms with van der Waals surface area (Å²) in [5.74, 6) is 0.869. The molecule has 0 unspecified atom stereocenters. The molecule has 1 saturated heterocycles. The van der Waals surface area contributed by atoms with Crippen LogP contribution in [0.5, 0.6) is 0 Å². The Labute approximate surface area is 95.3 Å². The van der Waals surface area contributed by atoms with Gasteiger partial charge in [-0.3, -0.25) is 4.79 Å². The molecule has 1 aliphatic rings. The second-order valence-corrected chi connectivity index (χ2v) is 4.75. The first-order valence-electron chi connectivity index (χ1n) is 5.38. The van der Waals surface area contributed by atoms with Crippen molar-refractivity contribution in [1.29, 1.82) is 0 Å². The fourth-order valence-electron chi connectivity index (χ4n) is 1.53. The van der Waals surface area contributed by atoms with E-state index < -0.39 is 0 Å². The number of nitrogens with one attached hydrogen (secondary N) is 1. The van der Waals surface area contributed by atoms with Crippen molar-refractivity contribution in [1.82, 2.24) is 5.32 Å². The van der Waals surface area contributed by atoms with Crippen molar-refractivity contribution in [3.8, 4) is 0 Å². The van der Waals surface area contributed by atoms with Gasteiger partial charge in [-0.2, -0.15) is 11.8 Å². The minimum absolute atomic E-state index is 0.0560. The van der Waals surface area contributed by atoms with Crippen molar-refractivity contribution in [3.05, 3.63) is 0 Å². The van der Waals surface area contributed by atoms with E-state index in [4.69, 9.17) is 10.5 Å². The highest BCUT2D eigenvalue weighted by molar-refractivity contribution is 7.98. The van der Waals surface area contributed by atoms with E-state index in [1.54, 1.807) is 11.8 Å². The van der Waals surface area contributed by atoms with Gasteiger partial charge in [-0.05, 0) is 31.3 Å². The first kappa shape index (κ1) is 12.8. The highest BCUT2D eigenvalue weighted by Gasteiger charge is 2.18. The molecule has 4 nitrogen and oxygen atoms in total. The van der Waals surface area contributed by atoms with Crippen LogP contribution in [0, 0.1) is 0 Å². The molecule has 0 bridgehead atoms. The molecule has 0 spiro atoms. The summed E-state index contributed by atoms with van der Waals surface area (Å²) in [6.45, 7) is 1.42. The van der Waals surface area contributed by atoms with Crippen LogP contribution >= 0.6 is 11.8 Å². The lowest BCUT2D eigenvalue weighted by Gasteiger charge is -2.14. The van der Waals surface area contributed by atoms with Gasteiger partial charge in [0, 0.05) is 13.2 Å². The van der Waals surface area contributed by atoms with Crippen molar-refractivity contribution in [3.63, 3.8) is 0 Å². The standard InChI is InChI=1S/C10H20N2O2S/c1-15-6-4-9(11)10(13)12-7-8-3-2-5-14-8/h8-9H,2-7,11H2,1H3,(H,12,13)/t8-,9-/m1/s1. The van der Waals surface area contributed by atoms with Crippen LogP contribution in [-0.4, -0.2) is 43.2 Å². The van der Waals surface area contributed by atoms with E-state index in [1.165, 1.54) is 0 Å². The summed E-state index contributed by atoms with van der Waals surface area (Å²) in [6.07, 6.45) is 5.08. The SMILES string of the molecule is CSCC[C@@H](N)C(=O)NC[C@H]1CCCO1. The highest BCUT2D eigenvalue weighted by atomic mass is 32.2. The number of thioether (sulfide) groups is 1. The number of hydrogen-bond donors (Lipinski definition) is 2. The minimum atomic E-state index is -0.376. The summed E-state index contributed by atoms with van der Waals surface area (Å²) in [4.78, 5) is 11.5. The summed E-state index contributed by atoms with van der Waals surface area (Å²) in [6, 6.07) is -0.376. The number of ether oxygens (including phenoxy) is 1. The second kappa shape index (κ2) is 7.09. The Bertz CT molecular complexity index is 196. The zero-order valence-corrected chi connectivity index (χ0v) is 10.0. The number of carbonyl (C=O) groups is 1. The topological polar surface area (TPSA) is 64.4 Å². The summed E-state index contributed by atoms with van der Waals surface area (Å²) < 4.78 is 5.40. The Balaban J connectivity index is 2.11. The Morgan fingerprint density at radius 3 is 3.13 bits per heavy atom. The molecule has 88 valence electrons. The van der Waals surface area contributed by atoms with Crippen molar-refractivity contribution < 1.29 is 9.53 Å². The van der Waals surface area contributed by atoms with E-state index in [2.05, 4.69) is 5.32 Å². The fourth-order valence-corrected chi connectivity index (χ4v) is 2.02. The number of nitrogens with two attached hydrogens (primary N) is 1. The zero-order chi connectivity index (χ0) is 11.1. The smallest absolute Gasteiger partial charge is 0.237 e. The lowest BCUT2D eigenvalue weighted by atomic mass is 10.2. The van der Waals surface area contributed by atoms with Gasteiger partial charge in [-0.25, -0.2) is 0 Å². The molecule has 0 aromatic heterocycles. The molecule has 0 saturated carbocycles. The van der Waals surface area contributed by atoms with Gasteiger partial charge in [0.2, 0.25) is 5.91 Å². The number of amides is 1. The maximum absolute atomic E-state index is 11.5. The van der Waals surface area contributed by atoms with Crippen LogP contribution < -0.4 is 11.1 Å². The molecule has 3 N–H and O–H groups in total. The Hall–Kier alpha value is -0.260. The Morgan fingerprint density at radius 1 is 1.73 bits per heavy atom. The zero-order valence-electron chi connectivity index (χ0n) is 9.20. The monoisotopic (exact) mass is 232 g/mol. The maximum Gasteiger partial charge on any atom is 0.237 e. The van der Waals surface area contributed by atoms with Gasteiger partial charge in [0.1, 0.15) is 0 Å². The minimum Gasteiger partial charge on any atom is -0.376 e. The van der Waals surface area contributed by atoms with Crippen LogP contribution in [0.4, 0.5) is 0 Å². The van der Waals surface area contributed by atoms with Crippen molar-refractivity contribution in [2.45, 2.75) is 31.4 Å². The normalized spacial score (nSPS) is 22.7. The van der Waals surface area contributed by atoms with E-state index in [-0.39, 0.29) is 18.1 Å². The van der Waals surface area contributed by atoms with Gasteiger partial charge in [0.15, 0.2) is 0 Å². The van der Waals surface area contributed by atoms with E-state index in [0.29, 0.717) is 6.54 Å². The Kier molecular flexibility index (Phi) is 6.05. The molecule has 0 aliphatic carbocycles. The van der Waals surface area contributed by atoms with Gasteiger partial charge < -0.3 is 15.8 Å². The molecule has 1 heterocycles. The number of hydrogen-bond acceptors (Lipinski definition) is 4. The van der Waals surface area contributed by atoms with Crippen LogP contribution in [0.2, 0.25) is 0 Å².